The predicted molar refractivity (Wildman–Crippen MR) is 136 cm³/mol. The van der Waals surface area contributed by atoms with Crippen LogP contribution in [0.2, 0.25) is 0 Å². The first-order chi connectivity index (χ1) is 19.0. The molecule has 16 heteroatoms. The Kier molecular flexibility index (Phi) is 12.0. The second-order valence-electron chi connectivity index (χ2n) is 10.2. The molecule has 1 unspecified atom stereocenters. The minimum Gasteiger partial charge on any atom is -0.475 e. The number of hydrogen-bond donors (Lipinski definition) is 2. The summed E-state index contributed by atoms with van der Waals surface area (Å²) in [5.74, 6) is -5.09. The number of carbonyl (C=O) groups is 3. The van der Waals surface area contributed by atoms with Crippen LogP contribution in [0.15, 0.2) is 16.8 Å². The van der Waals surface area contributed by atoms with Crippen molar-refractivity contribution in [3.05, 3.63) is 22.4 Å². The number of thiophene rings is 1. The molecule has 3 aliphatic rings. The molecule has 9 nitrogen and oxygen atoms in total. The maximum Gasteiger partial charge on any atom is 0.490 e. The molecular formula is C25H35F6N3O6S. The van der Waals surface area contributed by atoms with Crippen molar-refractivity contribution in [2.75, 3.05) is 59.5 Å². The normalized spacial score (nSPS) is 22.8. The second-order valence-corrected chi connectivity index (χ2v) is 11.0. The predicted octanol–water partition coefficient (Wildman–Crippen LogP) is 3.80. The number of alkyl halides is 6. The molecule has 3 fully saturated rings. The fourth-order valence-corrected chi connectivity index (χ4v) is 6.42. The molecule has 41 heavy (non-hydrogen) atoms. The van der Waals surface area contributed by atoms with Gasteiger partial charge in [-0.1, -0.05) is 0 Å². The molecule has 0 bridgehead atoms. The Hall–Kier alpha value is -2.43. The molecule has 0 radical (unpaired) electrons. The molecule has 3 saturated heterocycles. The number of halogens is 6. The first-order valence-electron chi connectivity index (χ1n) is 12.9. The van der Waals surface area contributed by atoms with Crippen molar-refractivity contribution >= 4 is 29.2 Å². The van der Waals surface area contributed by atoms with E-state index in [1.807, 2.05) is 0 Å². The third kappa shape index (κ3) is 8.78. The number of methoxy groups -OCH3 is 1. The van der Waals surface area contributed by atoms with E-state index in [-0.39, 0.29) is 10.8 Å². The molecule has 0 saturated carbocycles. The van der Waals surface area contributed by atoms with Crippen molar-refractivity contribution in [2.24, 2.45) is 10.8 Å². The standard InChI is InChI=1S/C21H33N3O2S.2C2HF3O2/c1-3-24-10-7-21(19(24)25)17-23(11-12-26-2)16-20(21)5-8-22(9-6-20)14-18-4-13-27-15-18;2*3-2(4,5)1(6)7/h4,13,15H,3,5-12,14,16-17H2,1-2H3;2*(H,6,7). The van der Waals surface area contributed by atoms with Crippen LogP contribution in [-0.2, 0) is 25.7 Å². The number of ether oxygens (including phenoxy) is 1. The number of aliphatic carboxylic acids is 2. The quantitative estimate of drug-likeness (QED) is 0.463. The molecule has 2 spiro atoms. The van der Waals surface area contributed by atoms with Crippen molar-refractivity contribution in [3.63, 3.8) is 0 Å². The van der Waals surface area contributed by atoms with Crippen molar-refractivity contribution in [1.29, 1.82) is 0 Å². The molecule has 1 aromatic heterocycles. The van der Waals surface area contributed by atoms with Crippen LogP contribution in [0.3, 0.4) is 0 Å². The lowest BCUT2D eigenvalue weighted by Gasteiger charge is -2.47. The Morgan fingerprint density at radius 3 is 1.95 bits per heavy atom. The minimum absolute atomic E-state index is 0.146. The fourth-order valence-electron chi connectivity index (χ4n) is 5.76. The summed E-state index contributed by atoms with van der Waals surface area (Å²) >= 11 is 1.78. The molecule has 4 heterocycles. The van der Waals surface area contributed by atoms with E-state index < -0.39 is 24.3 Å². The first-order valence-corrected chi connectivity index (χ1v) is 13.8. The topological polar surface area (TPSA) is 111 Å². The summed E-state index contributed by atoms with van der Waals surface area (Å²) in [4.78, 5) is 38.4. The monoisotopic (exact) mass is 619 g/mol. The third-order valence-corrected chi connectivity index (χ3v) is 8.55. The van der Waals surface area contributed by atoms with Gasteiger partial charge in [0.05, 0.1) is 12.0 Å². The molecule has 1 aromatic rings. The Morgan fingerprint density at radius 2 is 1.54 bits per heavy atom. The van der Waals surface area contributed by atoms with Crippen LogP contribution < -0.4 is 0 Å². The zero-order chi connectivity index (χ0) is 31.1. The van der Waals surface area contributed by atoms with Gasteiger partial charge >= 0.3 is 24.3 Å². The van der Waals surface area contributed by atoms with Gasteiger partial charge < -0.3 is 19.8 Å². The highest BCUT2D eigenvalue weighted by molar-refractivity contribution is 7.07. The Morgan fingerprint density at radius 1 is 0.976 bits per heavy atom. The third-order valence-electron chi connectivity index (χ3n) is 7.82. The van der Waals surface area contributed by atoms with Crippen LogP contribution in [0.4, 0.5) is 26.3 Å². The lowest BCUT2D eigenvalue weighted by Crippen LogP contribution is -2.52. The van der Waals surface area contributed by atoms with Gasteiger partial charge in [-0.3, -0.25) is 14.6 Å². The lowest BCUT2D eigenvalue weighted by atomic mass is 9.60. The van der Waals surface area contributed by atoms with Crippen LogP contribution in [0.1, 0.15) is 31.7 Å². The Labute approximate surface area is 237 Å². The van der Waals surface area contributed by atoms with Gasteiger partial charge in [0, 0.05) is 51.8 Å². The molecular weight excluding hydrogens is 584 g/mol. The average Bonchev–Trinajstić information content (AvgIpc) is 3.59. The van der Waals surface area contributed by atoms with Crippen LogP contribution in [-0.4, -0.2) is 115 Å². The van der Waals surface area contributed by atoms with Gasteiger partial charge in [-0.2, -0.15) is 37.7 Å². The Bertz CT molecular complexity index is 990. The molecule has 0 aliphatic carbocycles. The minimum atomic E-state index is -5.08. The van der Waals surface area contributed by atoms with Gasteiger partial charge in [0.15, 0.2) is 0 Å². The van der Waals surface area contributed by atoms with Gasteiger partial charge in [-0.25, -0.2) is 9.59 Å². The smallest absolute Gasteiger partial charge is 0.475 e. The van der Waals surface area contributed by atoms with Gasteiger partial charge in [-0.05, 0) is 61.7 Å². The highest BCUT2D eigenvalue weighted by Crippen LogP contribution is 2.57. The fraction of sp³-hybridized carbons (Fsp3) is 0.720. The van der Waals surface area contributed by atoms with Crippen molar-refractivity contribution in [2.45, 2.75) is 45.1 Å². The number of nitrogens with zero attached hydrogens (tertiary/aromatic N) is 3. The first kappa shape index (κ1) is 34.8. The van der Waals surface area contributed by atoms with E-state index in [1.54, 1.807) is 18.4 Å². The second kappa shape index (κ2) is 14.2. The summed E-state index contributed by atoms with van der Waals surface area (Å²) < 4.78 is 68.8. The van der Waals surface area contributed by atoms with Crippen molar-refractivity contribution in [1.82, 2.24) is 14.7 Å². The SMILES string of the molecule is CCN1CCC2(CN(CCOC)CC23CCN(Cc2ccsc2)CC3)C1=O.O=C(O)C(F)(F)F.O=C(O)C(F)(F)F. The van der Waals surface area contributed by atoms with Crippen molar-refractivity contribution in [3.8, 4) is 0 Å². The zero-order valence-corrected chi connectivity index (χ0v) is 23.6. The van der Waals surface area contributed by atoms with Crippen LogP contribution in [0, 0.1) is 10.8 Å². The molecule has 0 aromatic carbocycles. The number of carboxylic acids is 2. The molecule has 4 rings (SSSR count). The van der Waals surface area contributed by atoms with Gasteiger partial charge in [0.1, 0.15) is 0 Å². The van der Waals surface area contributed by atoms with E-state index in [9.17, 15) is 31.1 Å². The number of carboxylic acid groups (broad SMARTS) is 2. The number of hydrogen-bond acceptors (Lipinski definition) is 7. The molecule has 1 atom stereocenters. The van der Waals surface area contributed by atoms with E-state index in [0.29, 0.717) is 5.91 Å². The summed E-state index contributed by atoms with van der Waals surface area (Å²) in [7, 11) is 1.77. The van der Waals surface area contributed by atoms with Gasteiger partial charge in [0.2, 0.25) is 5.91 Å². The molecule has 2 N–H and O–H groups in total. The number of amides is 1. The van der Waals surface area contributed by atoms with Gasteiger partial charge in [0.25, 0.3) is 0 Å². The highest BCUT2D eigenvalue weighted by atomic mass is 32.1. The van der Waals surface area contributed by atoms with Crippen LogP contribution in [0.25, 0.3) is 0 Å². The zero-order valence-electron chi connectivity index (χ0n) is 22.8. The Balaban J connectivity index is 0.000000349. The molecule has 234 valence electrons. The van der Waals surface area contributed by atoms with E-state index in [1.165, 1.54) is 5.56 Å². The number of piperidine rings is 1. The van der Waals surface area contributed by atoms with Crippen LogP contribution in [0.5, 0.6) is 0 Å². The van der Waals surface area contributed by atoms with Gasteiger partial charge in [-0.15, -0.1) is 0 Å². The lowest BCUT2D eigenvalue weighted by molar-refractivity contribution is -0.193. The maximum absolute atomic E-state index is 13.4. The summed E-state index contributed by atoms with van der Waals surface area (Å²) in [5, 5.41) is 18.7. The maximum atomic E-state index is 13.4. The summed E-state index contributed by atoms with van der Waals surface area (Å²) in [6.07, 6.45) is -6.85. The number of fused-ring (bicyclic) bond motifs is 1. The number of rotatable bonds is 6. The summed E-state index contributed by atoms with van der Waals surface area (Å²) in [6, 6.07) is 2.23. The molecule has 3 aliphatic heterocycles. The van der Waals surface area contributed by atoms with E-state index in [2.05, 4.69) is 38.4 Å². The largest absolute Gasteiger partial charge is 0.490 e. The summed E-state index contributed by atoms with van der Waals surface area (Å²) in [5.41, 5.74) is 1.41. The van der Waals surface area contributed by atoms with Crippen molar-refractivity contribution < 1.29 is 55.7 Å². The average molecular weight is 620 g/mol. The number of carbonyl (C=O) groups excluding carboxylic acids is 1. The number of likely N-dealkylation sites (tertiary alicyclic amines) is 3. The van der Waals surface area contributed by atoms with Crippen LogP contribution >= 0.6 is 11.3 Å². The summed E-state index contributed by atoms with van der Waals surface area (Å²) in [6.45, 7) is 10.8. The van der Waals surface area contributed by atoms with E-state index in [0.717, 1.165) is 78.2 Å². The van der Waals surface area contributed by atoms with E-state index in [4.69, 9.17) is 24.5 Å². The van der Waals surface area contributed by atoms with E-state index >= 15 is 0 Å². The molecule has 1 amide bonds. The highest BCUT2D eigenvalue weighted by Gasteiger charge is 2.64.